The third-order valence-electron chi connectivity index (χ3n) is 5.24. The number of amides is 1. The van der Waals surface area contributed by atoms with E-state index in [9.17, 15) is 4.79 Å². The Morgan fingerprint density at radius 1 is 1.17 bits per heavy atom. The molecule has 9 heteroatoms. The monoisotopic (exact) mass is 413 g/mol. The first-order chi connectivity index (χ1) is 14.5. The summed E-state index contributed by atoms with van der Waals surface area (Å²) in [5, 5.41) is 5.94. The van der Waals surface area contributed by atoms with Crippen LogP contribution in [0.15, 0.2) is 36.5 Å². The van der Waals surface area contributed by atoms with Crippen molar-refractivity contribution in [1.82, 2.24) is 15.3 Å². The minimum Gasteiger partial charge on any atom is -0.441 e. The summed E-state index contributed by atoms with van der Waals surface area (Å²) < 4.78 is 17.1. The van der Waals surface area contributed by atoms with E-state index >= 15 is 0 Å². The smallest absolute Gasteiger partial charge is 0.407 e. The lowest BCUT2D eigenvalue weighted by atomic mass is 10.1. The molecule has 4 rings (SSSR count). The molecule has 1 aromatic heterocycles. The number of hydrogen-bond acceptors (Lipinski definition) is 8. The average molecular weight is 413 g/mol. The minimum atomic E-state index is -0.455. The fraction of sp³-hybridized carbons (Fsp3) is 0.476. The zero-order chi connectivity index (χ0) is 21.1. The minimum absolute atomic E-state index is 0.121. The van der Waals surface area contributed by atoms with Crippen molar-refractivity contribution in [2.75, 3.05) is 44.1 Å². The van der Waals surface area contributed by atoms with Crippen LogP contribution in [0.2, 0.25) is 0 Å². The lowest BCUT2D eigenvalue weighted by molar-refractivity contribution is 0.00462. The Hall–Kier alpha value is -2.91. The molecule has 160 valence electrons. The van der Waals surface area contributed by atoms with Gasteiger partial charge in [0.15, 0.2) is 6.10 Å². The number of anilines is 2. The normalized spacial score (nSPS) is 24.9. The zero-order valence-corrected chi connectivity index (χ0v) is 17.4. The highest BCUT2D eigenvalue weighted by Gasteiger charge is 2.49. The molecule has 4 atom stereocenters. The van der Waals surface area contributed by atoms with Crippen molar-refractivity contribution in [2.24, 2.45) is 0 Å². The van der Waals surface area contributed by atoms with Gasteiger partial charge in [-0.3, -0.25) is 0 Å². The number of ether oxygens (including phenoxy) is 3. The van der Waals surface area contributed by atoms with Gasteiger partial charge in [0.25, 0.3) is 0 Å². The molecule has 2 aromatic rings. The van der Waals surface area contributed by atoms with Crippen LogP contribution >= 0.6 is 0 Å². The van der Waals surface area contributed by atoms with E-state index in [1.54, 1.807) is 6.20 Å². The van der Waals surface area contributed by atoms with Gasteiger partial charge < -0.3 is 29.7 Å². The van der Waals surface area contributed by atoms with E-state index in [0.717, 1.165) is 16.9 Å². The molecule has 2 aliphatic rings. The highest BCUT2D eigenvalue weighted by molar-refractivity contribution is 5.67. The largest absolute Gasteiger partial charge is 0.441 e. The van der Waals surface area contributed by atoms with Gasteiger partial charge in [0.2, 0.25) is 5.95 Å². The second kappa shape index (κ2) is 8.85. The summed E-state index contributed by atoms with van der Waals surface area (Å²) >= 11 is 0. The first-order valence-electron chi connectivity index (χ1n) is 10.1. The highest BCUT2D eigenvalue weighted by Crippen LogP contribution is 2.30. The SMILES string of the molecule is CCNC(=O)O[C@H]1CO[C@@H]2[C@@H]1OC[C@@H]2Nc1nccc(-c2ccc(N(C)C)cc2)n1. The number of alkyl carbamates (subject to hydrolysis) is 1. The summed E-state index contributed by atoms with van der Waals surface area (Å²) in [6.45, 7) is 3.09. The number of fused-ring (bicyclic) bond motifs is 1. The van der Waals surface area contributed by atoms with Gasteiger partial charge in [-0.2, -0.15) is 0 Å². The Labute approximate surface area is 175 Å². The molecule has 9 nitrogen and oxygen atoms in total. The Morgan fingerprint density at radius 3 is 2.67 bits per heavy atom. The van der Waals surface area contributed by atoms with Gasteiger partial charge in [-0.25, -0.2) is 14.8 Å². The van der Waals surface area contributed by atoms with Crippen LogP contribution < -0.4 is 15.5 Å². The molecule has 0 aliphatic carbocycles. The van der Waals surface area contributed by atoms with E-state index in [4.69, 9.17) is 14.2 Å². The van der Waals surface area contributed by atoms with Crippen molar-refractivity contribution >= 4 is 17.7 Å². The Bertz CT molecular complexity index is 876. The summed E-state index contributed by atoms with van der Waals surface area (Å²) in [4.78, 5) is 22.7. The van der Waals surface area contributed by atoms with Crippen molar-refractivity contribution in [2.45, 2.75) is 31.3 Å². The summed E-state index contributed by atoms with van der Waals surface area (Å²) in [6, 6.07) is 9.96. The number of carbonyl (C=O) groups excluding carboxylic acids is 1. The Kier molecular flexibility index (Phi) is 6.01. The van der Waals surface area contributed by atoms with Crippen LogP contribution in [0.4, 0.5) is 16.4 Å². The molecule has 0 bridgehead atoms. The van der Waals surface area contributed by atoms with Crippen LogP contribution in [0.3, 0.4) is 0 Å². The Morgan fingerprint density at radius 2 is 1.93 bits per heavy atom. The number of aromatic nitrogens is 2. The van der Waals surface area contributed by atoms with Gasteiger partial charge in [-0.1, -0.05) is 12.1 Å². The van der Waals surface area contributed by atoms with Crippen LogP contribution in [0.5, 0.6) is 0 Å². The second-order valence-corrected chi connectivity index (χ2v) is 7.53. The second-order valence-electron chi connectivity index (χ2n) is 7.53. The van der Waals surface area contributed by atoms with Gasteiger partial charge in [0.1, 0.15) is 12.2 Å². The predicted molar refractivity (Wildman–Crippen MR) is 113 cm³/mol. The number of nitrogens with one attached hydrogen (secondary N) is 2. The topological polar surface area (TPSA) is 97.8 Å². The van der Waals surface area contributed by atoms with Gasteiger partial charge in [0, 0.05) is 38.1 Å². The fourth-order valence-electron chi connectivity index (χ4n) is 3.70. The molecule has 2 saturated heterocycles. The molecule has 1 amide bonds. The van der Waals surface area contributed by atoms with E-state index in [1.165, 1.54) is 0 Å². The molecular weight excluding hydrogens is 386 g/mol. The maximum atomic E-state index is 11.7. The number of rotatable bonds is 6. The zero-order valence-electron chi connectivity index (χ0n) is 17.4. The summed E-state index contributed by atoms with van der Waals surface area (Å²) in [5.74, 6) is 0.509. The lowest BCUT2D eigenvalue weighted by Crippen LogP contribution is -2.39. The third kappa shape index (κ3) is 4.31. The number of carbonyl (C=O) groups is 1. The first-order valence-corrected chi connectivity index (χ1v) is 10.1. The van der Waals surface area contributed by atoms with Crippen molar-refractivity contribution in [1.29, 1.82) is 0 Å². The van der Waals surface area contributed by atoms with Crippen molar-refractivity contribution < 1.29 is 19.0 Å². The van der Waals surface area contributed by atoms with E-state index in [1.807, 2.05) is 39.2 Å². The van der Waals surface area contributed by atoms with Crippen LogP contribution in [0.1, 0.15) is 6.92 Å². The third-order valence-corrected chi connectivity index (χ3v) is 5.24. The van der Waals surface area contributed by atoms with Crippen molar-refractivity contribution in [3.8, 4) is 11.3 Å². The number of benzene rings is 1. The van der Waals surface area contributed by atoms with E-state index in [0.29, 0.717) is 25.7 Å². The van der Waals surface area contributed by atoms with Crippen molar-refractivity contribution in [3.63, 3.8) is 0 Å². The van der Waals surface area contributed by atoms with Gasteiger partial charge in [0.05, 0.1) is 24.9 Å². The fourth-order valence-corrected chi connectivity index (χ4v) is 3.70. The van der Waals surface area contributed by atoms with Crippen LogP contribution in [-0.4, -0.2) is 74.3 Å². The molecule has 2 aliphatic heterocycles. The summed E-state index contributed by atoms with van der Waals surface area (Å²) in [7, 11) is 4.02. The van der Waals surface area contributed by atoms with Gasteiger partial charge in [-0.15, -0.1) is 0 Å². The van der Waals surface area contributed by atoms with Crippen molar-refractivity contribution in [3.05, 3.63) is 36.5 Å². The maximum absolute atomic E-state index is 11.7. The Balaban J connectivity index is 1.41. The quantitative estimate of drug-likeness (QED) is 0.741. The first kappa shape index (κ1) is 20.4. The lowest BCUT2D eigenvalue weighted by Gasteiger charge is -2.18. The number of nitrogens with zero attached hydrogens (tertiary/aromatic N) is 3. The van der Waals surface area contributed by atoms with Crippen LogP contribution in [0, 0.1) is 0 Å². The standard InChI is InChI=1S/C21H27N5O4/c1-4-22-21(27)30-17-12-29-18-16(11-28-19(17)18)25-20-23-10-9-15(24-20)13-5-7-14(8-6-13)26(2)3/h5-10,16-19H,4,11-12H2,1-3H3,(H,22,27)(H,23,24,25)/t16-,17-,18-,19+/m0/s1. The molecular formula is C21H27N5O4. The molecule has 0 radical (unpaired) electrons. The average Bonchev–Trinajstić information content (AvgIpc) is 3.32. The summed E-state index contributed by atoms with van der Waals surface area (Å²) in [5.41, 5.74) is 2.97. The van der Waals surface area contributed by atoms with Crippen LogP contribution in [-0.2, 0) is 14.2 Å². The predicted octanol–water partition coefficient (Wildman–Crippen LogP) is 1.90. The maximum Gasteiger partial charge on any atom is 0.407 e. The molecule has 3 heterocycles. The van der Waals surface area contributed by atoms with E-state index in [-0.39, 0.29) is 18.2 Å². The van der Waals surface area contributed by atoms with E-state index < -0.39 is 12.2 Å². The molecule has 0 unspecified atom stereocenters. The molecule has 2 fully saturated rings. The number of hydrogen-bond donors (Lipinski definition) is 2. The molecule has 0 spiro atoms. The van der Waals surface area contributed by atoms with Gasteiger partial charge >= 0.3 is 6.09 Å². The van der Waals surface area contributed by atoms with E-state index in [2.05, 4.69) is 37.6 Å². The molecule has 2 N–H and O–H groups in total. The highest BCUT2D eigenvalue weighted by atomic mass is 16.6. The van der Waals surface area contributed by atoms with Crippen LogP contribution in [0.25, 0.3) is 11.3 Å². The van der Waals surface area contributed by atoms with Gasteiger partial charge in [-0.05, 0) is 25.1 Å². The summed E-state index contributed by atoms with van der Waals surface area (Å²) in [6.07, 6.45) is 0.329. The molecule has 0 saturated carbocycles. The molecule has 30 heavy (non-hydrogen) atoms. The molecule has 1 aromatic carbocycles.